The Hall–Kier alpha value is -1.72. The summed E-state index contributed by atoms with van der Waals surface area (Å²) in [6.45, 7) is 13.8. The predicted octanol–water partition coefficient (Wildman–Crippen LogP) is 2.56. The molecule has 0 fully saturated rings. The SMILES string of the molecule is Cc1ccc(S(=O)(=O)OCCOCCOCCOCCOCCOCCOCCOCCOCCC(=O)OC(C)(C)C)cc1. The average molecular weight is 653 g/mol. The summed E-state index contributed by atoms with van der Waals surface area (Å²) in [6, 6.07) is 6.47. The summed E-state index contributed by atoms with van der Waals surface area (Å²) in [5, 5.41) is 0. The van der Waals surface area contributed by atoms with Gasteiger partial charge in [-0.05, 0) is 39.8 Å². The Morgan fingerprint density at radius 3 is 1.20 bits per heavy atom. The van der Waals surface area contributed by atoms with Gasteiger partial charge in [-0.3, -0.25) is 8.98 Å². The molecule has 256 valence electrons. The topological polar surface area (TPSA) is 144 Å². The number of carbonyl (C=O) groups excluding carboxylic acids is 1. The van der Waals surface area contributed by atoms with E-state index in [-0.39, 0.29) is 30.5 Å². The number of aryl methyl sites for hydroxylation is 1. The van der Waals surface area contributed by atoms with Crippen LogP contribution in [-0.4, -0.2) is 132 Å². The van der Waals surface area contributed by atoms with Gasteiger partial charge in [0.1, 0.15) is 5.60 Å². The lowest BCUT2D eigenvalue weighted by Gasteiger charge is -2.19. The summed E-state index contributed by atoms with van der Waals surface area (Å²) in [7, 11) is -3.78. The first-order valence-electron chi connectivity index (χ1n) is 14.9. The molecule has 0 radical (unpaired) electrons. The quantitative estimate of drug-likeness (QED) is 0.0711. The number of rotatable bonds is 29. The van der Waals surface area contributed by atoms with Gasteiger partial charge in [0, 0.05) is 0 Å². The second-order valence-corrected chi connectivity index (χ2v) is 11.9. The average Bonchev–Trinajstić information content (AvgIpc) is 2.96. The lowest BCUT2D eigenvalue weighted by Crippen LogP contribution is -2.24. The summed E-state index contributed by atoms with van der Waals surface area (Å²) in [4.78, 5) is 11.7. The molecule has 13 nitrogen and oxygen atoms in total. The third-order valence-corrected chi connectivity index (χ3v) is 6.58. The number of esters is 1. The summed E-state index contributed by atoms with van der Waals surface area (Å²) in [6.07, 6.45) is 0.223. The van der Waals surface area contributed by atoms with Crippen LogP contribution in [0.3, 0.4) is 0 Å². The molecular weight excluding hydrogens is 600 g/mol. The van der Waals surface area contributed by atoms with Crippen LogP contribution in [0.5, 0.6) is 0 Å². The molecule has 14 heteroatoms. The van der Waals surface area contributed by atoms with Gasteiger partial charge in [0.05, 0.1) is 124 Å². The first kappa shape index (κ1) is 40.3. The highest BCUT2D eigenvalue weighted by molar-refractivity contribution is 7.86. The van der Waals surface area contributed by atoms with Crippen LogP contribution in [0.25, 0.3) is 0 Å². The van der Waals surface area contributed by atoms with Gasteiger partial charge in [0.15, 0.2) is 0 Å². The van der Waals surface area contributed by atoms with Crippen LogP contribution in [0.2, 0.25) is 0 Å². The van der Waals surface area contributed by atoms with Crippen molar-refractivity contribution in [2.75, 3.05) is 112 Å². The van der Waals surface area contributed by atoms with Gasteiger partial charge in [0.2, 0.25) is 0 Å². The maximum atomic E-state index is 12.1. The van der Waals surface area contributed by atoms with Gasteiger partial charge >= 0.3 is 5.97 Å². The smallest absolute Gasteiger partial charge is 0.308 e. The minimum absolute atomic E-state index is 0.0627. The van der Waals surface area contributed by atoms with Crippen LogP contribution in [-0.2, 0) is 61.7 Å². The third-order valence-electron chi connectivity index (χ3n) is 5.25. The summed E-state index contributed by atoms with van der Waals surface area (Å²) >= 11 is 0. The second kappa shape index (κ2) is 25.5. The van der Waals surface area contributed by atoms with Crippen molar-refractivity contribution in [1.82, 2.24) is 0 Å². The molecule has 0 aliphatic rings. The zero-order chi connectivity index (χ0) is 32.4. The number of carbonyl (C=O) groups is 1. The molecule has 0 saturated carbocycles. The van der Waals surface area contributed by atoms with Crippen LogP contribution < -0.4 is 0 Å². The minimum Gasteiger partial charge on any atom is -0.460 e. The molecule has 1 aromatic carbocycles. The van der Waals surface area contributed by atoms with Crippen molar-refractivity contribution in [3.8, 4) is 0 Å². The Morgan fingerprint density at radius 2 is 0.864 bits per heavy atom. The van der Waals surface area contributed by atoms with Crippen molar-refractivity contribution in [2.24, 2.45) is 0 Å². The molecular formula is C30H52O13S. The van der Waals surface area contributed by atoms with E-state index in [1.54, 1.807) is 12.1 Å². The van der Waals surface area contributed by atoms with Crippen LogP contribution in [0.4, 0.5) is 0 Å². The van der Waals surface area contributed by atoms with E-state index in [1.807, 2.05) is 27.7 Å². The van der Waals surface area contributed by atoms with E-state index in [1.165, 1.54) is 12.1 Å². The Labute approximate surface area is 262 Å². The molecule has 0 aliphatic heterocycles. The van der Waals surface area contributed by atoms with E-state index in [9.17, 15) is 13.2 Å². The zero-order valence-electron chi connectivity index (χ0n) is 26.8. The maximum Gasteiger partial charge on any atom is 0.308 e. The van der Waals surface area contributed by atoms with Crippen molar-refractivity contribution >= 4 is 16.1 Å². The first-order valence-corrected chi connectivity index (χ1v) is 16.3. The predicted molar refractivity (Wildman–Crippen MR) is 161 cm³/mol. The monoisotopic (exact) mass is 652 g/mol. The molecule has 0 saturated heterocycles. The molecule has 0 bridgehead atoms. The van der Waals surface area contributed by atoms with Crippen LogP contribution >= 0.6 is 0 Å². The Morgan fingerprint density at radius 1 is 0.545 bits per heavy atom. The normalized spacial score (nSPS) is 12.1. The van der Waals surface area contributed by atoms with Gasteiger partial charge in [-0.15, -0.1) is 0 Å². The maximum absolute atomic E-state index is 12.1. The zero-order valence-corrected chi connectivity index (χ0v) is 27.6. The Bertz CT molecular complexity index is 933. The molecule has 0 atom stereocenters. The van der Waals surface area contributed by atoms with Crippen molar-refractivity contribution < 1.29 is 60.0 Å². The molecule has 0 N–H and O–H groups in total. The molecule has 0 spiro atoms. The molecule has 0 amide bonds. The molecule has 0 aromatic heterocycles. The number of hydrogen-bond donors (Lipinski definition) is 0. The number of benzene rings is 1. The fourth-order valence-electron chi connectivity index (χ4n) is 3.17. The molecule has 0 unspecified atom stereocenters. The van der Waals surface area contributed by atoms with Crippen LogP contribution in [0.15, 0.2) is 29.2 Å². The van der Waals surface area contributed by atoms with Crippen molar-refractivity contribution in [1.29, 1.82) is 0 Å². The molecule has 0 heterocycles. The van der Waals surface area contributed by atoms with E-state index >= 15 is 0 Å². The summed E-state index contributed by atoms with van der Waals surface area (Å²) in [5.74, 6) is -0.273. The van der Waals surface area contributed by atoms with Crippen molar-refractivity contribution in [2.45, 2.75) is 44.6 Å². The third kappa shape index (κ3) is 24.6. The Balaban J connectivity index is 1.73. The highest BCUT2D eigenvalue weighted by Gasteiger charge is 2.16. The van der Waals surface area contributed by atoms with Crippen LogP contribution in [0.1, 0.15) is 32.8 Å². The second-order valence-electron chi connectivity index (χ2n) is 10.3. The Kier molecular flexibility index (Phi) is 23.3. The van der Waals surface area contributed by atoms with Gasteiger partial charge in [-0.25, -0.2) is 0 Å². The van der Waals surface area contributed by atoms with Gasteiger partial charge in [-0.1, -0.05) is 17.7 Å². The van der Waals surface area contributed by atoms with Crippen molar-refractivity contribution in [3.63, 3.8) is 0 Å². The molecule has 1 rings (SSSR count). The standard InChI is InChI=1S/C30H52O13S/c1-27-5-7-28(8-6-27)44(32,33)42-26-25-41-24-23-40-22-21-39-20-19-38-18-17-37-16-15-36-14-13-35-12-11-34-10-9-29(31)43-30(2,3)4/h5-8H,9-26H2,1-4H3. The number of ether oxygens (including phenoxy) is 9. The van der Waals surface area contributed by atoms with Gasteiger partial charge < -0.3 is 42.6 Å². The lowest BCUT2D eigenvalue weighted by molar-refractivity contribution is -0.156. The van der Waals surface area contributed by atoms with Crippen LogP contribution in [0, 0.1) is 6.92 Å². The minimum atomic E-state index is -3.78. The van der Waals surface area contributed by atoms with E-state index in [0.29, 0.717) is 99.1 Å². The van der Waals surface area contributed by atoms with E-state index < -0.39 is 15.7 Å². The number of hydrogen-bond acceptors (Lipinski definition) is 13. The summed E-state index contributed by atoms with van der Waals surface area (Å²) < 4.78 is 77.5. The first-order chi connectivity index (χ1) is 21.1. The van der Waals surface area contributed by atoms with Crippen molar-refractivity contribution in [3.05, 3.63) is 29.8 Å². The summed E-state index contributed by atoms with van der Waals surface area (Å²) in [5.41, 5.74) is 0.492. The molecule has 44 heavy (non-hydrogen) atoms. The lowest BCUT2D eigenvalue weighted by atomic mass is 10.2. The highest BCUT2D eigenvalue weighted by atomic mass is 32.2. The fraction of sp³-hybridized carbons (Fsp3) is 0.767. The van der Waals surface area contributed by atoms with Gasteiger partial charge in [0.25, 0.3) is 10.1 Å². The van der Waals surface area contributed by atoms with E-state index in [0.717, 1.165) is 5.56 Å². The molecule has 0 aliphatic carbocycles. The highest BCUT2D eigenvalue weighted by Crippen LogP contribution is 2.13. The van der Waals surface area contributed by atoms with Gasteiger partial charge in [-0.2, -0.15) is 8.42 Å². The largest absolute Gasteiger partial charge is 0.460 e. The van der Waals surface area contributed by atoms with E-state index in [2.05, 4.69) is 0 Å². The van der Waals surface area contributed by atoms with E-state index in [4.69, 9.17) is 46.8 Å². The fourth-order valence-corrected chi connectivity index (χ4v) is 4.06. The molecule has 1 aromatic rings.